The predicted octanol–water partition coefficient (Wildman–Crippen LogP) is 2.91. The lowest BCUT2D eigenvalue weighted by Gasteiger charge is -2.24. The van der Waals surface area contributed by atoms with E-state index in [2.05, 4.69) is 0 Å². The molecule has 114 valence electrons. The van der Waals surface area contributed by atoms with Crippen LogP contribution in [-0.2, 0) is 14.9 Å². The number of hydrogen-bond donors (Lipinski definition) is 1. The van der Waals surface area contributed by atoms with Gasteiger partial charge in [0.2, 0.25) is 0 Å². The van der Waals surface area contributed by atoms with Gasteiger partial charge < -0.3 is 9.84 Å². The average Bonchev–Trinajstić information content (AvgIpc) is 2.55. The SMILES string of the molecule is COCC(C)(C(=O)O)c1cccc(C(=O)c2ccccc2)c1. The summed E-state index contributed by atoms with van der Waals surface area (Å²) < 4.78 is 5.04. The number of rotatable bonds is 6. The van der Waals surface area contributed by atoms with Gasteiger partial charge in [-0.3, -0.25) is 9.59 Å². The van der Waals surface area contributed by atoms with Crippen LogP contribution in [0.15, 0.2) is 54.6 Å². The average molecular weight is 298 g/mol. The van der Waals surface area contributed by atoms with Gasteiger partial charge in [0.1, 0.15) is 5.41 Å². The molecule has 0 radical (unpaired) electrons. The first-order valence-electron chi connectivity index (χ1n) is 6.91. The molecule has 1 N–H and O–H groups in total. The van der Waals surface area contributed by atoms with E-state index in [1.165, 1.54) is 7.11 Å². The van der Waals surface area contributed by atoms with E-state index >= 15 is 0 Å². The van der Waals surface area contributed by atoms with Crippen LogP contribution in [0.4, 0.5) is 0 Å². The van der Waals surface area contributed by atoms with Gasteiger partial charge in [0, 0.05) is 18.2 Å². The lowest BCUT2D eigenvalue weighted by Crippen LogP contribution is -2.37. The standard InChI is InChI=1S/C18H18O4/c1-18(12-22-2,17(20)21)15-10-6-9-14(11-15)16(19)13-7-4-3-5-8-13/h3-11H,12H2,1-2H3,(H,20,21). The number of carbonyl (C=O) groups excluding carboxylic acids is 1. The third-order valence-corrected chi connectivity index (χ3v) is 3.70. The zero-order valence-electron chi connectivity index (χ0n) is 12.6. The lowest BCUT2D eigenvalue weighted by atomic mass is 9.82. The van der Waals surface area contributed by atoms with E-state index in [-0.39, 0.29) is 12.4 Å². The highest BCUT2D eigenvalue weighted by Gasteiger charge is 2.35. The largest absolute Gasteiger partial charge is 0.481 e. The second-order valence-corrected chi connectivity index (χ2v) is 5.35. The van der Waals surface area contributed by atoms with Crippen molar-refractivity contribution in [2.75, 3.05) is 13.7 Å². The molecule has 0 aromatic heterocycles. The van der Waals surface area contributed by atoms with Crippen LogP contribution in [0, 0.1) is 0 Å². The van der Waals surface area contributed by atoms with Crippen molar-refractivity contribution in [3.8, 4) is 0 Å². The van der Waals surface area contributed by atoms with Crippen molar-refractivity contribution < 1.29 is 19.4 Å². The molecule has 0 amide bonds. The van der Waals surface area contributed by atoms with Crippen molar-refractivity contribution in [2.24, 2.45) is 0 Å². The minimum Gasteiger partial charge on any atom is -0.481 e. The summed E-state index contributed by atoms with van der Waals surface area (Å²) in [5.41, 5.74) is 0.390. The monoisotopic (exact) mass is 298 g/mol. The third kappa shape index (κ3) is 3.07. The summed E-state index contributed by atoms with van der Waals surface area (Å²) in [5, 5.41) is 9.50. The van der Waals surface area contributed by atoms with Crippen LogP contribution < -0.4 is 0 Å². The predicted molar refractivity (Wildman–Crippen MR) is 83.2 cm³/mol. The van der Waals surface area contributed by atoms with Crippen LogP contribution in [-0.4, -0.2) is 30.6 Å². The van der Waals surface area contributed by atoms with Crippen molar-refractivity contribution in [1.29, 1.82) is 0 Å². The highest BCUT2D eigenvalue weighted by molar-refractivity contribution is 6.09. The van der Waals surface area contributed by atoms with Crippen molar-refractivity contribution in [3.05, 3.63) is 71.3 Å². The number of benzene rings is 2. The molecule has 0 saturated heterocycles. The molecule has 0 aliphatic rings. The number of carbonyl (C=O) groups is 2. The van der Waals surface area contributed by atoms with Crippen LogP contribution in [0.2, 0.25) is 0 Å². The Balaban J connectivity index is 2.42. The Kier molecular flexibility index (Phi) is 4.73. The molecule has 1 atom stereocenters. The fourth-order valence-electron chi connectivity index (χ4n) is 2.32. The Bertz CT molecular complexity index is 678. The molecule has 0 saturated carbocycles. The molecule has 22 heavy (non-hydrogen) atoms. The first kappa shape index (κ1) is 15.9. The Morgan fingerprint density at radius 3 is 2.27 bits per heavy atom. The zero-order valence-corrected chi connectivity index (χ0v) is 12.6. The first-order valence-corrected chi connectivity index (χ1v) is 6.91. The Morgan fingerprint density at radius 1 is 1.05 bits per heavy atom. The van der Waals surface area contributed by atoms with Crippen molar-refractivity contribution in [1.82, 2.24) is 0 Å². The fraction of sp³-hybridized carbons (Fsp3) is 0.222. The molecule has 4 nitrogen and oxygen atoms in total. The highest BCUT2D eigenvalue weighted by atomic mass is 16.5. The number of carboxylic acid groups (broad SMARTS) is 1. The molecule has 0 heterocycles. The smallest absolute Gasteiger partial charge is 0.316 e. The van der Waals surface area contributed by atoms with Gasteiger partial charge in [-0.15, -0.1) is 0 Å². The molecule has 2 rings (SSSR count). The van der Waals surface area contributed by atoms with Crippen LogP contribution in [0.1, 0.15) is 28.4 Å². The molecule has 0 bridgehead atoms. The minimum absolute atomic E-state index is 0.0330. The van der Waals surface area contributed by atoms with Crippen LogP contribution in [0.3, 0.4) is 0 Å². The molecule has 0 fully saturated rings. The van der Waals surface area contributed by atoms with Gasteiger partial charge in [0.15, 0.2) is 5.78 Å². The normalized spacial score (nSPS) is 13.4. The highest BCUT2D eigenvalue weighted by Crippen LogP contribution is 2.26. The van der Waals surface area contributed by atoms with Gasteiger partial charge in [-0.1, -0.05) is 48.5 Å². The second kappa shape index (κ2) is 6.54. The molecule has 4 heteroatoms. The summed E-state index contributed by atoms with van der Waals surface area (Å²) in [6.07, 6.45) is 0. The summed E-state index contributed by atoms with van der Waals surface area (Å²) in [4.78, 5) is 24.1. The van der Waals surface area contributed by atoms with Crippen molar-refractivity contribution >= 4 is 11.8 Å². The van der Waals surface area contributed by atoms with Crippen LogP contribution in [0.25, 0.3) is 0 Å². The number of ether oxygens (including phenoxy) is 1. The van der Waals surface area contributed by atoms with Crippen LogP contribution >= 0.6 is 0 Å². The molecule has 0 aliphatic carbocycles. The molecular weight excluding hydrogens is 280 g/mol. The lowest BCUT2D eigenvalue weighted by molar-refractivity contribution is -0.145. The van der Waals surface area contributed by atoms with Crippen molar-refractivity contribution in [3.63, 3.8) is 0 Å². The molecule has 2 aromatic rings. The Hall–Kier alpha value is -2.46. The number of aliphatic carboxylic acids is 1. The van der Waals surface area contributed by atoms with Crippen LogP contribution in [0.5, 0.6) is 0 Å². The van der Waals surface area contributed by atoms with E-state index in [1.807, 2.05) is 6.07 Å². The molecular formula is C18H18O4. The zero-order chi connectivity index (χ0) is 16.2. The molecule has 0 aliphatic heterocycles. The first-order chi connectivity index (χ1) is 10.5. The fourth-order valence-corrected chi connectivity index (χ4v) is 2.32. The Morgan fingerprint density at radius 2 is 1.68 bits per heavy atom. The summed E-state index contributed by atoms with van der Waals surface area (Å²) in [7, 11) is 1.46. The maximum Gasteiger partial charge on any atom is 0.316 e. The van der Waals surface area contributed by atoms with Crippen molar-refractivity contribution in [2.45, 2.75) is 12.3 Å². The molecule has 0 spiro atoms. The molecule has 1 unspecified atom stereocenters. The van der Waals surface area contributed by atoms with Gasteiger partial charge in [-0.05, 0) is 18.6 Å². The summed E-state index contributed by atoms with van der Waals surface area (Å²) in [6.45, 7) is 1.62. The summed E-state index contributed by atoms with van der Waals surface area (Å²) in [6, 6.07) is 15.6. The maximum atomic E-state index is 12.5. The second-order valence-electron chi connectivity index (χ2n) is 5.35. The quantitative estimate of drug-likeness (QED) is 0.833. The van der Waals surface area contributed by atoms with Gasteiger partial charge in [0.05, 0.1) is 6.61 Å². The minimum atomic E-state index is -1.19. The molecule has 2 aromatic carbocycles. The van der Waals surface area contributed by atoms with E-state index in [4.69, 9.17) is 4.74 Å². The summed E-state index contributed by atoms with van der Waals surface area (Å²) >= 11 is 0. The van der Waals surface area contributed by atoms with E-state index in [0.29, 0.717) is 16.7 Å². The number of carboxylic acids is 1. The van der Waals surface area contributed by atoms with E-state index in [9.17, 15) is 14.7 Å². The third-order valence-electron chi connectivity index (χ3n) is 3.70. The van der Waals surface area contributed by atoms with E-state index in [1.54, 1.807) is 55.5 Å². The topological polar surface area (TPSA) is 63.6 Å². The number of methoxy groups -OCH3 is 1. The Labute approximate surface area is 129 Å². The number of hydrogen-bond acceptors (Lipinski definition) is 3. The number of ketones is 1. The van der Waals surface area contributed by atoms with Gasteiger partial charge in [-0.25, -0.2) is 0 Å². The summed E-state index contributed by atoms with van der Waals surface area (Å²) in [5.74, 6) is -1.12. The maximum absolute atomic E-state index is 12.5. The van der Waals surface area contributed by atoms with Gasteiger partial charge in [0.25, 0.3) is 0 Å². The van der Waals surface area contributed by atoms with Gasteiger partial charge in [-0.2, -0.15) is 0 Å². The van der Waals surface area contributed by atoms with E-state index in [0.717, 1.165) is 0 Å². The van der Waals surface area contributed by atoms with Gasteiger partial charge >= 0.3 is 5.97 Å². The van der Waals surface area contributed by atoms with E-state index < -0.39 is 11.4 Å².